The average molecular weight is 233 g/mol. The summed E-state index contributed by atoms with van der Waals surface area (Å²) < 4.78 is 6.20. The molecule has 3 heteroatoms. The van der Waals surface area contributed by atoms with Crippen LogP contribution < -0.4 is 0 Å². The van der Waals surface area contributed by atoms with Gasteiger partial charge in [-0.05, 0) is 24.6 Å². The predicted molar refractivity (Wildman–Crippen MR) is 65.5 cm³/mol. The maximum atomic E-state index is 6.20. The maximum absolute atomic E-state index is 6.20. The van der Waals surface area contributed by atoms with Crippen molar-refractivity contribution in [3.05, 3.63) is 12.2 Å². The quantitative estimate of drug-likeness (QED) is 0.398. The summed E-state index contributed by atoms with van der Waals surface area (Å²) in [6.07, 6.45) is 5.34. The van der Waals surface area contributed by atoms with Crippen molar-refractivity contribution in [3.63, 3.8) is 0 Å². The SMILES string of the molecule is CC(C)(C)[Si](C)(C)O[C@@H]1C=C[C@H](Cl)C1. The van der Waals surface area contributed by atoms with Crippen LogP contribution in [0.4, 0.5) is 0 Å². The monoisotopic (exact) mass is 232 g/mol. The van der Waals surface area contributed by atoms with E-state index in [1.807, 2.05) is 6.08 Å². The molecular weight excluding hydrogens is 212 g/mol. The standard InChI is InChI=1S/C11H21ClOSi/c1-11(2,3)14(4,5)13-10-7-6-9(12)8-10/h6-7,9-10H,8H2,1-5H3/t9-,10+/m0/s1. The van der Waals surface area contributed by atoms with Gasteiger partial charge >= 0.3 is 0 Å². The lowest BCUT2D eigenvalue weighted by molar-refractivity contribution is 0.225. The Kier molecular flexibility index (Phi) is 3.50. The number of hydrogen-bond acceptors (Lipinski definition) is 1. The molecular formula is C11H21ClOSi. The van der Waals surface area contributed by atoms with Crippen LogP contribution in [-0.4, -0.2) is 19.8 Å². The van der Waals surface area contributed by atoms with Gasteiger partial charge in [0.2, 0.25) is 0 Å². The van der Waals surface area contributed by atoms with Crippen LogP contribution in [0.3, 0.4) is 0 Å². The third-order valence-corrected chi connectivity index (χ3v) is 8.07. The van der Waals surface area contributed by atoms with E-state index in [1.54, 1.807) is 0 Å². The molecule has 14 heavy (non-hydrogen) atoms. The van der Waals surface area contributed by atoms with Crippen molar-refractivity contribution >= 4 is 19.9 Å². The Hall–Kier alpha value is 0.207. The fraction of sp³-hybridized carbons (Fsp3) is 0.818. The highest BCUT2D eigenvalue weighted by Gasteiger charge is 2.39. The second-order valence-corrected chi connectivity index (χ2v) is 10.9. The molecule has 0 N–H and O–H groups in total. The first-order valence-electron chi connectivity index (χ1n) is 5.22. The van der Waals surface area contributed by atoms with Crippen LogP contribution in [0.25, 0.3) is 0 Å². The number of alkyl halides is 1. The van der Waals surface area contributed by atoms with Crippen LogP contribution in [0.15, 0.2) is 12.2 Å². The summed E-state index contributed by atoms with van der Waals surface area (Å²) in [5, 5.41) is 0.454. The van der Waals surface area contributed by atoms with Crippen LogP contribution in [0, 0.1) is 0 Å². The Bertz CT molecular complexity index is 230. The Balaban J connectivity index is 2.56. The molecule has 0 aromatic heterocycles. The molecule has 0 saturated heterocycles. The van der Waals surface area contributed by atoms with Gasteiger partial charge in [0.15, 0.2) is 8.32 Å². The van der Waals surface area contributed by atoms with Crippen LogP contribution in [0.2, 0.25) is 18.1 Å². The van der Waals surface area contributed by atoms with Gasteiger partial charge in [-0.1, -0.05) is 32.9 Å². The van der Waals surface area contributed by atoms with E-state index in [-0.39, 0.29) is 16.5 Å². The fourth-order valence-electron chi connectivity index (χ4n) is 1.27. The Labute approximate surface area is 93.6 Å². The summed E-state index contributed by atoms with van der Waals surface area (Å²) in [6.45, 7) is 11.3. The summed E-state index contributed by atoms with van der Waals surface area (Å²) in [7, 11) is -1.61. The van der Waals surface area contributed by atoms with E-state index in [0.29, 0.717) is 0 Å². The molecule has 0 amide bonds. The predicted octanol–water partition coefficient (Wildman–Crippen LogP) is 3.94. The number of allylic oxidation sites excluding steroid dienone is 1. The van der Waals surface area contributed by atoms with E-state index in [4.69, 9.17) is 16.0 Å². The van der Waals surface area contributed by atoms with Crippen molar-refractivity contribution < 1.29 is 4.43 Å². The van der Waals surface area contributed by atoms with Crippen LogP contribution in [0.5, 0.6) is 0 Å². The molecule has 0 saturated carbocycles. The van der Waals surface area contributed by atoms with Crippen LogP contribution in [0.1, 0.15) is 27.2 Å². The van der Waals surface area contributed by atoms with Gasteiger partial charge in [0, 0.05) is 0 Å². The van der Waals surface area contributed by atoms with Gasteiger partial charge in [-0.2, -0.15) is 0 Å². The van der Waals surface area contributed by atoms with Gasteiger partial charge in [-0.25, -0.2) is 0 Å². The minimum atomic E-state index is -1.61. The zero-order chi connectivity index (χ0) is 11.0. The molecule has 0 radical (unpaired) electrons. The lowest BCUT2D eigenvalue weighted by Gasteiger charge is -2.38. The molecule has 0 heterocycles. The van der Waals surface area contributed by atoms with Crippen LogP contribution >= 0.6 is 11.6 Å². The van der Waals surface area contributed by atoms with Gasteiger partial charge in [-0.15, -0.1) is 11.6 Å². The Morgan fingerprint density at radius 1 is 1.29 bits per heavy atom. The van der Waals surface area contributed by atoms with Gasteiger partial charge in [0.25, 0.3) is 0 Å². The lowest BCUT2D eigenvalue weighted by atomic mass is 10.2. The summed E-state index contributed by atoms with van der Waals surface area (Å²) in [5.74, 6) is 0. The third kappa shape index (κ3) is 2.85. The van der Waals surface area contributed by atoms with Crippen molar-refractivity contribution in [1.82, 2.24) is 0 Å². The molecule has 1 rings (SSSR count). The molecule has 2 atom stereocenters. The largest absolute Gasteiger partial charge is 0.410 e. The van der Waals surface area contributed by atoms with E-state index in [1.165, 1.54) is 0 Å². The molecule has 0 spiro atoms. The highest BCUT2D eigenvalue weighted by atomic mass is 35.5. The first-order valence-corrected chi connectivity index (χ1v) is 8.57. The molecule has 0 aromatic rings. The minimum absolute atomic E-state index is 0.171. The summed E-state index contributed by atoms with van der Waals surface area (Å²) in [4.78, 5) is 0. The fourth-order valence-corrected chi connectivity index (χ4v) is 2.81. The molecule has 0 fully saturated rings. The first kappa shape index (κ1) is 12.3. The topological polar surface area (TPSA) is 9.23 Å². The zero-order valence-electron chi connectivity index (χ0n) is 9.80. The minimum Gasteiger partial charge on any atom is -0.410 e. The number of hydrogen-bond donors (Lipinski definition) is 0. The molecule has 1 aliphatic carbocycles. The molecule has 82 valence electrons. The molecule has 0 aliphatic heterocycles. The third-order valence-electron chi connectivity index (χ3n) is 3.24. The second kappa shape index (κ2) is 3.99. The molecule has 0 bridgehead atoms. The van der Waals surface area contributed by atoms with Gasteiger partial charge < -0.3 is 4.43 Å². The molecule has 1 aliphatic rings. The number of halogens is 1. The average Bonchev–Trinajstić information content (AvgIpc) is 2.31. The highest BCUT2D eigenvalue weighted by molar-refractivity contribution is 6.74. The van der Waals surface area contributed by atoms with Gasteiger partial charge in [0.05, 0.1) is 11.5 Å². The van der Waals surface area contributed by atoms with E-state index < -0.39 is 8.32 Å². The molecule has 0 aromatic carbocycles. The molecule has 1 nitrogen and oxygen atoms in total. The smallest absolute Gasteiger partial charge is 0.192 e. The van der Waals surface area contributed by atoms with E-state index in [9.17, 15) is 0 Å². The van der Waals surface area contributed by atoms with Gasteiger partial charge in [0.1, 0.15) is 0 Å². The van der Waals surface area contributed by atoms with Crippen LogP contribution in [-0.2, 0) is 4.43 Å². The zero-order valence-corrected chi connectivity index (χ0v) is 11.6. The van der Waals surface area contributed by atoms with Crippen molar-refractivity contribution in [2.75, 3.05) is 0 Å². The van der Waals surface area contributed by atoms with Crippen molar-refractivity contribution in [2.24, 2.45) is 0 Å². The molecule has 0 unspecified atom stereocenters. The van der Waals surface area contributed by atoms with Crippen molar-refractivity contribution in [3.8, 4) is 0 Å². The number of rotatable bonds is 2. The summed E-state index contributed by atoms with van der Waals surface area (Å²) in [6, 6.07) is 0. The van der Waals surface area contributed by atoms with Crippen molar-refractivity contribution in [2.45, 2.75) is 56.8 Å². The first-order chi connectivity index (χ1) is 6.22. The Morgan fingerprint density at radius 2 is 1.86 bits per heavy atom. The normalized spacial score (nSPS) is 28.4. The summed E-state index contributed by atoms with van der Waals surface area (Å²) in [5.41, 5.74) is 0. The van der Waals surface area contributed by atoms with Gasteiger partial charge in [-0.3, -0.25) is 0 Å². The van der Waals surface area contributed by atoms with E-state index in [2.05, 4.69) is 39.9 Å². The maximum Gasteiger partial charge on any atom is 0.192 e. The second-order valence-electron chi connectivity index (χ2n) is 5.55. The van der Waals surface area contributed by atoms with E-state index in [0.717, 1.165) is 6.42 Å². The lowest BCUT2D eigenvalue weighted by Crippen LogP contribution is -2.43. The highest BCUT2D eigenvalue weighted by Crippen LogP contribution is 2.38. The summed E-state index contributed by atoms with van der Waals surface area (Å²) >= 11 is 6.00. The van der Waals surface area contributed by atoms with Crippen molar-refractivity contribution in [1.29, 1.82) is 0 Å². The Morgan fingerprint density at radius 3 is 2.21 bits per heavy atom. The van der Waals surface area contributed by atoms with E-state index >= 15 is 0 Å².